The molecule has 2 aliphatic carbocycles. The summed E-state index contributed by atoms with van der Waals surface area (Å²) in [7, 11) is 0. The molecule has 2 N–H and O–H groups in total. The van der Waals surface area contributed by atoms with Crippen molar-refractivity contribution in [1.82, 2.24) is 10.6 Å². The number of anilines is 1. The van der Waals surface area contributed by atoms with Gasteiger partial charge in [0.2, 0.25) is 5.91 Å². The number of hydrogen-bond acceptors (Lipinski definition) is 8. The van der Waals surface area contributed by atoms with Crippen LogP contribution in [-0.2, 0) is 19.1 Å². The minimum atomic E-state index is -0.569. The standard InChI is InChI=1S/C20H28N4O5S/c1-12-7-15(24-29-12)21-17(26)10-30-11-18(27)28-9-16(25)23-22-14-8-13-5-6-20(14,4)19(13,2)3/h7,13H,5-6,8-11H2,1-4H3,(H,23,25)(H,21,24,26)/b22-14+. The van der Waals surface area contributed by atoms with Crippen LogP contribution in [0, 0.1) is 23.7 Å². The van der Waals surface area contributed by atoms with Gasteiger partial charge in [-0.25, -0.2) is 5.43 Å². The number of nitrogens with one attached hydrogen (secondary N) is 2. The summed E-state index contributed by atoms with van der Waals surface area (Å²) in [5.41, 5.74) is 3.72. The Kier molecular flexibility index (Phi) is 6.54. The number of hydrazone groups is 1. The van der Waals surface area contributed by atoms with Gasteiger partial charge >= 0.3 is 5.97 Å². The molecule has 2 atom stereocenters. The maximum absolute atomic E-state index is 12.0. The summed E-state index contributed by atoms with van der Waals surface area (Å²) >= 11 is 1.08. The average Bonchev–Trinajstić information content (AvgIpc) is 3.24. The van der Waals surface area contributed by atoms with Gasteiger partial charge in [0.15, 0.2) is 12.4 Å². The number of amides is 2. The number of nitrogens with zero attached hydrogens (tertiary/aromatic N) is 2. The van der Waals surface area contributed by atoms with Gasteiger partial charge in [0.1, 0.15) is 5.76 Å². The molecule has 1 aromatic rings. The second-order valence-corrected chi connectivity index (χ2v) is 9.60. The van der Waals surface area contributed by atoms with E-state index in [2.05, 4.69) is 41.8 Å². The molecule has 2 aliphatic rings. The highest BCUT2D eigenvalue weighted by Crippen LogP contribution is 2.63. The van der Waals surface area contributed by atoms with Crippen molar-refractivity contribution in [3.8, 4) is 0 Å². The zero-order valence-corrected chi connectivity index (χ0v) is 18.6. The largest absolute Gasteiger partial charge is 0.455 e. The molecule has 2 bridgehead atoms. The van der Waals surface area contributed by atoms with Crippen molar-refractivity contribution in [2.45, 2.75) is 47.0 Å². The maximum Gasteiger partial charge on any atom is 0.316 e. The lowest BCUT2D eigenvalue weighted by molar-refractivity contribution is -0.145. The summed E-state index contributed by atoms with van der Waals surface area (Å²) in [4.78, 5) is 35.5. The Morgan fingerprint density at radius 2 is 2.07 bits per heavy atom. The summed E-state index contributed by atoms with van der Waals surface area (Å²) in [6.45, 7) is 8.06. The number of hydrogen-bond donors (Lipinski definition) is 2. The van der Waals surface area contributed by atoms with E-state index < -0.39 is 18.5 Å². The minimum Gasteiger partial charge on any atom is -0.455 e. The van der Waals surface area contributed by atoms with Crippen LogP contribution in [0.1, 0.15) is 45.8 Å². The molecule has 0 aliphatic heterocycles. The summed E-state index contributed by atoms with van der Waals surface area (Å²) in [5.74, 6) is 0.174. The molecule has 0 aromatic carbocycles. The van der Waals surface area contributed by atoms with Crippen LogP contribution in [0.4, 0.5) is 5.82 Å². The van der Waals surface area contributed by atoms with Crippen molar-refractivity contribution in [2.24, 2.45) is 21.8 Å². The lowest BCUT2D eigenvalue weighted by atomic mass is 9.70. The number of aryl methyl sites for hydroxylation is 1. The molecular formula is C20H28N4O5S. The highest BCUT2D eigenvalue weighted by Gasteiger charge is 2.60. The third kappa shape index (κ3) is 4.69. The Morgan fingerprint density at radius 3 is 2.67 bits per heavy atom. The van der Waals surface area contributed by atoms with Crippen LogP contribution in [0.5, 0.6) is 0 Å². The van der Waals surface area contributed by atoms with Crippen molar-refractivity contribution in [2.75, 3.05) is 23.4 Å². The van der Waals surface area contributed by atoms with E-state index in [1.54, 1.807) is 13.0 Å². The molecular weight excluding hydrogens is 408 g/mol. The van der Waals surface area contributed by atoms with Crippen molar-refractivity contribution in [1.29, 1.82) is 0 Å². The zero-order valence-electron chi connectivity index (χ0n) is 17.7. The average molecular weight is 437 g/mol. The summed E-state index contributed by atoms with van der Waals surface area (Å²) < 4.78 is 9.80. The molecule has 30 heavy (non-hydrogen) atoms. The van der Waals surface area contributed by atoms with Gasteiger partial charge in [-0.05, 0) is 37.5 Å². The Morgan fingerprint density at radius 1 is 1.30 bits per heavy atom. The van der Waals surface area contributed by atoms with E-state index in [9.17, 15) is 14.4 Å². The summed E-state index contributed by atoms with van der Waals surface area (Å²) in [5, 5.41) is 10.5. The first-order valence-electron chi connectivity index (χ1n) is 9.94. The molecule has 2 amide bonds. The van der Waals surface area contributed by atoms with E-state index in [0.29, 0.717) is 17.5 Å². The van der Waals surface area contributed by atoms with Crippen LogP contribution in [0.3, 0.4) is 0 Å². The topological polar surface area (TPSA) is 123 Å². The van der Waals surface area contributed by atoms with Crippen molar-refractivity contribution in [3.05, 3.63) is 11.8 Å². The number of carbonyl (C=O) groups excluding carboxylic acids is 3. The van der Waals surface area contributed by atoms with Gasteiger partial charge in [0, 0.05) is 17.2 Å². The monoisotopic (exact) mass is 436 g/mol. The first kappa shape index (κ1) is 22.3. The van der Waals surface area contributed by atoms with Crippen LogP contribution in [-0.4, -0.2) is 46.8 Å². The molecule has 9 nitrogen and oxygen atoms in total. The fourth-order valence-corrected chi connectivity index (χ4v) is 4.89. The molecule has 164 valence electrons. The summed E-state index contributed by atoms with van der Waals surface area (Å²) in [6, 6.07) is 1.59. The van der Waals surface area contributed by atoms with Gasteiger partial charge in [-0.2, -0.15) is 5.10 Å². The van der Waals surface area contributed by atoms with E-state index in [0.717, 1.165) is 30.3 Å². The number of esters is 1. The van der Waals surface area contributed by atoms with Crippen molar-refractivity contribution >= 4 is 41.1 Å². The lowest BCUT2D eigenvalue weighted by Gasteiger charge is -2.34. The van der Waals surface area contributed by atoms with Gasteiger partial charge < -0.3 is 14.6 Å². The molecule has 2 unspecified atom stereocenters. The molecule has 2 fully saturated rings. The highest BCUT2D eigenvalue weighted by molar-refractivity contribution is 8.00. The maximum atomic E-state index is 12.0. The van der Waals surface area contributed by atoms with E-state index >= 15 is 0 Å². The number of rotatable bonds is 8. The number of thioether (sulfide) groups is 1. The highest BCUT2D eigenvalue weighted by atomic mass is 32.2. The van der Waals surface area contributed by atoms with Crippen molar-refractivity contribution in [3.63, 3.8) is 0 Å². The smallest absolute Gasteiger partial charge is 0.316 e. The molecule has 1 aromatic heterocycles. The third-order valence-corrected chi connectivity index (χ3v) is 7.45. The third-order valence-electron chi connectivity index (χ3n) is 6.54. The fraction of sp³-hybridized carbons (Fsp3) is 0.650. The number of fused-ring (bicyclic) bond motifs is 2. The second-order valence-electron chi connectivity index (χ2n) is 8.61. The lowest BCUT2D eigenvalue weighted by Crippen LogP contribution is -2.35. The summed E-state index contributed by atoms with van der Waals surface area (Å²) in [6.07, 6.45) is 3.17. The minimum absolute atomic E-state index is 0.00348. The van der Waals surface area contributed by atoms with E-state index in [4.69, 9.17) is 9.26 Å². The SMILES string of the molecule is Cc1cc(NC(=O)CSCC(=O)OCC(=O)N/N=C2\CC3CCC2(C)C3(C)C)no1. The van der Waals surface area contributed by atoms with Gasteiger partial charge in [-0.1, -0.05) is 25.9 Å². The molecule has 1 heterocycles. The molecule has 0 spiro atoms. The number of carbonyl (C=O) groups is 3. The van der Waals surface area contributed by atoms with Crippen LogP contribution < -0.4 is 10.7 Å². The first-order valence-corrected chi connectivity index (χ1v) is 11.1. The Balaban J connectivity index is 1.33. The van der Waals surface area contributed by atoms with Gasteiger partial charge in [-0.3, -0.25) is 14.4 Å². The van der Waals surface area contributed by atoms with Crippen molar-refractivity contribution < 1.29 is 23.6 Å². The Hall–Kier alpha value is -2.36. The van der Waals surface area contributed by atoms with E-state index in [1.165, 1.54) is 6.42 Å². The molecule has 10 heteroatoms. The van der Waals surface area contributed by atoms with Gasteiger partial charge in [-0.15, -0.1) is 11.8 Å². The first-order chi connectivity index (χ1) is 14.1. The van der Waals surface area contributed by atoms with Gasteiger partial charge in [0.25, 0.3) is 5.91 Å². The zero-order chi connectivity index (χ0) is 21.9. The van der Waals surface area contributed by atoms with E-state index in [1.807, 2.05) is 0 Å². The molecule has 0 saturated heterocycles. The van der Waals surface area contributed by atoms with Crippen LogP contribution in [0.2, 0.25) is 0 Å². The van der Waals surface area contributed by atoms with Crippen LogP contribution in [0.25, 0.3) is 0 Å². The second kappa shape index (κ2) is 8.79. The Bertz CT molecular complexity index is 865. The van der Waals surface area contributed by atoms with Gasteiger partial charge in [0.05, 0.1) is 11.5 Å². The predicted molar refractivity (Wildman–Crippen MR) is 113 cm³/mol. The quantitative estimate of drug-likeness (QED) is 0.474. The molecule has 2 saturated carbocycles. The molecule has 0 radical (unpaired) electrons. The molecule has 3 rings (SSSR count). The number of ether oxygens (including phenoxy) is 1. The van der Waals surface area contributed by atoms with E-state index in [-0.39, 0.29) is 28.2 Å². The fourth-order valence-electron chi connectivity index (χ4n) is 4.28. The number of aromatic nitrogens is 1. The van der Waals surface area contributed by atoms with Crippen LogP contribution in [0.15, 0.2) is 15.7 Å². The predicted octanol–water partition coefficient (Wildman–Crippen LogP) is 2.52. The Labute approximate surface area is 179 Å². The van der Waals surface area contributed by atoms with Crippen LogP contribution >= 0.6 is 11.8 Å². The normalized spacial score (nSPS) is 25.3.